The van der Waals surface area contributed by atoms with E-state index in [1.165, 1.54) is 21.8 Å². The Hall–Kier alpha value is -1.97. The first kappa shape index (κ1) is 22.2. The summed E-state index contributed by atoms with van der Waals surface area (Å²) in [4.78, 5) is 28.0. The van der Waals surface area contributed by atoms with Crippen LogP contribution in [0.25, 0.3) is 6.08 Å². The average molecular weight is 513 g/mol. The van der Waals surface area contributed by atoms with Crippen LogP contribution in [0.1, 0.15) is 35.6 Å². The lowest BCUT2D eigenvalue weighted by molar-refractivity contribution is 0.0715. The summed E-state index contributed by atoms with van der Waals surface area (Å²) in [6.45, 7) is 1.91. The van der Waals surface area contributed by atoms with Crippen LogP contribution in [-0.2, 0) is 20.2 Å². The Morgan fingerprint density at radius 1 is 1.39 bits per heavy atom. The maximum Gasteiger partial charge on any atom is 0.530 e. The highest BCUT2D eigenvalue weighted by Crippen LogP contribution is 2.56. The van der Waals surface area contributed by atoms with Gasteiger partial charge in [0.15, 0.2) is 0 Å². The van der Waals surface area contributed by atoms with Crippen LogP contribution in [0, 0.1) is 12.8 Å². The Balaban J connectivity index is 1.45. The fourth-order valence-corrected chi connectivity index (χ4v) is 5.55. The second-order valence-electron chi connectivity index (χ2n) is 7.67. The molecule has 1 saturated carbocycles. The Kier molecular flexibility index (Phi) is 6.37. The van der Waals surface area contributed by atoms with Gasteiger partial charge in [0, 0.05) is 23.7 Å². The number of phosphoric acid groups is 1. The highest BCUT2D eigenvalue weighted by atomic mass is 79.9. The molecule has 0 saturated heterocycles. The van der Waals surface area contributed by atoms with Gasteiger partial charge in [-0.15, -0.1) is 0 Å². The van der Waals surface area contributed by atoms with Gasteiger partial charge in [0.1, 0.15) is 5.75 Å². The van der Waals surface area contributed by atoms with E-state index in [1.54, 1.807) is 0 Å². The van der Waals surface area contributed by atoms with Gasteiger partial charge in [0.2, 0.25) is 0 Å². The van der Waals surface area contributed by atoms with Crippen molar-refractivity contribution < 1.29 is 23.2 Å². The first-order valence-electron chi connectivity index (χ1n) is 9.77. The second kappa shape index (κ2) is 8.88. The number of hydrogen-bond donors (Lipinski definition) is 2. The number of benzene rings is 1. The highest BCUT2D eigenvalue weighted by Gasteiger charge is 2.40. The molecule has 4 rings (SSSR count). The molecule has 0 amide bonds. The van der Waals surface area contributed by atoms with E-state index in [4.69, 9.17) is 13.6 Å². The van der Waals surface area contributed by atoms with E-state index in [0.29, 0.717) is 24.2 Å². The van der Waals surface area contributed by atoms with Gasteiger partial charge in [-0.25, -0.2) is 9.36 Å². The Morgan fingerprint density at radius 3 is 2.97 bits per heavy atom. The summed E-state index contributed by atoms with van der Waals surface area (Å²) in [5, 5.41) is 10.5. The molecule has 1 aromatic carbocycles. The molecule has 1 aromatic heterocycles. The summed E-state index contributed by atoms with van der Waals surface area (Å²) >= 11 is 3.12. The molecule has 2 aliphatic rings. The number of rotatable bonds is 5. The zero-order chi connectivity index (χ0) is 22.2. The molecule has 1 aliphatic heterocycles. The number of H-pyrrole nitrogens is 1. The average Bonchev–Trinajstić information content (AvgIpc) is 3.10. The van der Waals surface area contributed by atoms with Gasteiger partial charge >= 0.3 is 13.5 Å². The van der Waals surface area contributed by atoms with Crippen LogP contribution < -0.4 is 15.8 Å². The third-order valence-corrected chi connectivity index (χ3v) is 7.17. The Bertz CT molecular complexity index is 1170. The van der Waals surface area contributed by atoms with Crippen LogP contribution in [0.5, 0.6) is 5.75 Å². The summed E-state index contributed by atoms with van der Waals surface area (Å²) < 4.78 is 30.7. The number of aromatic amines is 1. The van der Waals surface area contributed by atoms with Gasteiger partial charge in [0.25, 0.3) is 5.56 Å². The SMILES string of the molecule is Cc1cccc2c1OP(=O)(OC[C@H]1C[C@@H](n3cc(/C=C/Br)c(=O)[nH]c3=O)C[C@@H]1O)OC2. The number of aryl methyl sites for hydroxylation is 1. The number of fused-ring (bicyclic) bond motifs is 1. The van der Waals surface area contributed by atoms with Gasteiger partial charge < -0.3 is 9.63 Å². The molecule has 11 heteroatoms. The van der Waals surface area contributed by atoms with Gasteiger partial charge in [-0.05, 0) is 36.4 Å². The highest BCUT2D eigenvalue weighted by molar-refractivity contribution is 9.11. The summed E-state index contributed by atoms with van der Waals surface area (Å²) in [6.07, 6.45) is 2.93. The molecule has 1 unspecified atom stereocenters. The van der Waals surface area contributed by atoms with Gasteiger partial charge in [0.05, 0.1) is 24.9 Å². The fourth-order valence-electron chi connectivity index (χ4n) is 3.93. The maximum absolute atomic E-state index is 12.9. The lowest BCUT2D eigenvalue weighted by Gasteiger charge is -2.27. The summed E-state index contributed by atoms with van der Waals surface area (Å²) in [7, 11) is -3.82. The number of halogens is 1. The molecule has 9 nitrogen and oxygen atoms in total. The van der Waals surface area contributed by atoms with Crippen molar-refractivity contribution in [3.63, 3.8) is 0 Å². The van der Waals surface area contributed by atoms with Gasteiger partial charge in [-0.1, -0.05) is 34.1 Å². The number of nitrogens with zero attached hydrogens (tertiary/aromatic N) is 1. The largest absolute Gasteiger partial charge is 0.530 e. The quantitative estimate of drug-likeness (QED) is 0.589. The molecule has 31 heavy (non-hydrogen) atoms. The predicted octanol–water partition coefficient (Wildman–Crippen LogP) is 3.26. The number of para-hydroxylation sites is 1. The standard InChI is InChI=1S/C20H22BrN2O7P/c1-12-3-2-4-14-10-28-31(27,30-18(12)14)29-11-15-7-16(8-17(15)24)23-9-13(5-6-21)19(25)22-20(23)26/h2-6,9,15-17,24H,7-8,10-11H2,1H3,(H,22,25,26)/b6-5+/t15-,16-,17+,31?/m1/s1. The molecule has 0 radical (unpaired) electrons. The van der Waals surface area contributed by atoms with E-state index in [0.717, 1.165) is 11.1 Å². The third kappa shape index (κ3) is 4.63. The van der Waals surface area contributed by atoms with Crippen LogP contribution in [0.4, 0.5) is 0 Å². The van der Waals surface area contributed by atoms with E-state index in [2.05, 4.69) is 20.9 Å². The van der Waals surface area contributed by atoms with Crippen LogP contribution in [0.3, 0.4) is 0 Å². The first-order valence-corrected chi connectivity index (χ1v) is 12.1. The molecule has 0 spiro atoms. The monoisotopic (exact) mass is 512 g/mol. The number of phosphoric ester groups is 1. The zero-order valence-corrected chi connectivity index (χ0v) is 19.2. The van der Waals surface area contributed by atoms with Crippen molar-refractivity contribution in [1.82, 2.24) is 9.55 Å². The molecular formula is C20H22BrN2O7P. The topological polar surface area (TPSA) is 120 Å². The minimum atomic E-state index is -3.82. The zero-order valence-electron chi connectivity index (χ0n) is 16.7. The number of aliphatic hydroxyl groups is 1. The molecule has 0 bridgehead atoms. The molecule has 4 atom stereocenters. The summed E-state index contributed by atoms with van der Waals surface area (Å²) in [5.74, 6) is 0.115. The number of aromatic nitrogens is 2. The van der Waals surface area contributed by atoms with Crippen molar-refractivity contribution in [2.45, 2.75) is 38.5 Å². The third-order valence-electron chi connectivity index (χ3n) is 5.59. The van der Waals surface area contributed by atoms with Crippen molar-refractivity contribution in [2.24, 2.45) is 5.92 Å². The molecule has 2 N–H and O–H groups in total. The normalized spacial score (nSPS) is 27.9. The molecule has 1 fully saturated rings. The maximum atomic E-state index is 12.9. The van der Waals surface area contributed by atoms with E-state index >= 15 is 0 Å². The van der Waals surface area contributed by atoms with Crippen LogP contribution in [-0.4, -0.2) is 27.4 Å². The van der Waals surface area contributed by atoms with Gasteiger partial charge in [-0.2, -0.15) is 0 Å². The predicted molar refractivity (Wildman–Crippen MR) is 117 cm³/mol. The van der Waals surface area contributed by atoms with Crippen molar-refractivity contribution >= 4 is 29.8 Å². The van der Waals surface area contributed by atoms with E-state index in [9.17, 15) is 19.3 Å². The van der Waals surface area contributed by atoms with Crippen molar-refractivity contribution in [2.75, 3.05) is 6.61 Å². The number of aliphatic hydroxyl groups excluding tert-OH is 1. The van der Waals surface area contributed by atoms with Crippen LogP contribution in [0.2, 0.25) is 0 Å². The lowest BCUT2D eigenvalue weighted by atomic mass is 10.1. The van der Waals surface area contributed by atoms with E-state index in [1.807, 2.05) is 25.1 Å². The molecule has 166 valence electrons. The van der Waals surface area contributed by atoms with Crippen LogP contribution in [0.15, 0.2) is 39.0 Å². The second-order valence-corrected chi connectivity index (χ2v) is 9.79. The van der Waals surface area contributed by atoms with Crippen molar-refractivity contribution in [3.05, 3.63) is 66.9 Å². The molecular weight excluding hydrogens is 491 g/mol. The summed E-state index contributed by atoms with van der Waals surface area (Å²) in [5.41, 5.74) is 0.899. The van der Waals surface area contributed by atoms with Crippen molar-refractivity contribution in [3.8, 4) is 5.75 Å². The number of hydrogen-bond acceptors (Lipinski definition) is 7. The first-order chi connectivity index (χ1) is 14.8. The number of nitrogens with one attached hydrogen (secondary N) is 1. The lowest BCUT2D eigenvalue weighted by Crippen LogP contribution is -2.32. The fraction of sp³-hybridized carbons (Fsp3) is 0.400. The van der Waals surface area contributed by atoms with E-state index in [-0.39, 0.29) is 25.2 Å². The van der Waals surface area contributed by atoms with Crippen molar-refractivity contribution in [1.29, 1.82) is 0 Å². The van der Waals surface area contributed by atoms with Crippen LogP contribution >= 0.6 is 23.8 Å². The molecule has 2 aromatic rings. The Labute approximate surface area is 186 Å². The molecule has 1 aliphatic carbocycles. The van der Waals surface area contributed by atoms with Gasteiger partial charge in [-0.3, -0.25) is 23.4 Å². The summed E-state index contributed by atoms with van der Waals surface area (Å²) in [6, 6.07) is 5.21. The minimum absolute atomic E-state index is 0.0532. The smallest absolute Gasteiger partial charge is 0.403 e. The minimum Gasteiger partial charge on any atom is -0.403 e. The molecule has 2 heterocycles. The van der Waals surface area contributed by atoms with E-state index < -0.39 is 25.2 Å². The Morgan fingerprint density at radius 2 is 2.19 bits per heavy atom.